The third-order valence-corrected chi connectivity index (χ3v) is 3.17. The summed E-state index contributed by atoms with van der Waals surface area (Å²) in [6.45, 7) is 0. The summed E-state index contributed by atoms with van der Waals surface area (Å²) in [5.41, 5.74) is -0.0434. The molecular formula is C11H15ClN4O2S. The van der Waals surface area contributed by atoms with Gasteiger partial charge in [-0.05, 0) is 12.1 Å². The van der Waals surface area contributed by atoms with Crippen molar-refractivity contribution in [1.82, 2.24) is 9.80 Å². The first-order valence-electron chi connectivity index (χ1n) is 5.36. The molecule has 104 valence electrons. The largest absolute Gasteiger partial charge is 0.348 e. The number of nitro groups is 1. The minimum atomic E-state index is -0.464. The molecule has 8 heteroatoms. The van der Waals surface area contributed by atoms with E-state index in [4.69, 9.17) is 11.6 Å². The second-order valence-corrected chi connectivity index (χ2v) is 5.38. The molecule has 0 spiro atoms. The normalized spacial score (nSPS) is 9.95. The zero-order valence-electron chi connectivity index (χ0n) is 11.1. The number of hydrogen-bond acceptors (Lipinski definition) is 4. The number of benzene rings is 1. The van der Waals surface area contributed by atoms with Gasteiger partial charge in [0.05, 0.1) is 4.92 Å². The molecule has 0 atom stereocenters. The number of hydrogen-bond donors (Lipinski definition) is 0. The van der Waals surface area contributed by atoms with Crippen molar-refractivity contribution in [2.45, 2.75) is 4.90 Å². The van der Waals surface area contributed by atoms with Crippen molar-refractivity contribution in [3.63, 3.8) is 0 Å². The SMILES string of the molecule is CN(C)C(=NSc1ccc(Cl)cc1[N+](=O)[O-])N(C)C. The van der Waals surface area contributed by atoms with Gasteiger partial charge in [-0.2, -0.15) is 4.40 Å². The van der Waals surface area contributed by atoms with Crippen LogP contribution in [-0.4, -0.2) is 48.9 Å². The van der Waals surface area contributed by atoms with Gasteiger partial charge in [-0.3, -0.25) is 10.1 Å². The fourth-order valence-corrected chi connectivity index (χ4v) is 2.39. The first kappa shape index (κ1) is 15.6. The molecular weight excluding hydrogens is 288 g/mol. The second kappa shape index (κ2) is 6.63. The van der Waals surface area contributed by atoms with Crippen LogP contribution in [0.2, 0.25) is 5.02 Å². The molecule has 0 saturated heterocycles. The molecule has 0 aliphatic carbocycles. The van der Waals surface area contributed by atoms with E-state index in [0.717, 1.165) is 11.9 Å². The van der Waals surface area contributed by atoms with Crippen LogP contribution in [0.25, 0.3) is 0 Å². The van der Waals surface area contributed by atoms with E-state index in [-0.39, 0.29) is 5.69 Å². The highest BCUT2D eigenvalue weighted by molar-refractivity contribution is 7.98. The molecule has 0 aliphatic heterocycles. The average molecular weight is 303 g/mol. The second-order valence-electron chi connectivity index (χ2n) is 4.14. The number of nitrogens with zero attached hydrogens (tertiary/aromatic N) is 4. The average Bonchev–Trinajstić information content (AvgIpc) is 2.29. The highest BCUT2D eigenvalue weighted by Crippen LogP contribution is 2.32. The molecule has 0 aliphatic rings. The lowest BCUT2D eigenvalue weighted by atomic mass is 10.3. The minimum Gasteiger partial charge on any atom is -0.348 e. The van der Waals surface area contributed by atoms with Gasteiger partial charge < -0.3 is 9.80 Å². The van der Waals surface area contributed by atoms with E-state index in [1.807, 2.05) is 38.0 Å². The van der Waals surface area contributed by atoms with Crippen molar-refractivity contribution in [2.24, 2.45) is 4.40 Å². The standard InChI is InChI=1S/C11H15ClN4O2S/c1-14(2)11(15(3)4)13-19-10-6-5-8(12)7-9(10)16(17)18/h5-7H,1-4H3. The Hall–Kier alpha value is -1.47. The Morgan fingerprint density at radius 1 is 1.32 bits per heavy atom. The van der Waals surface area contributed by atoms with E-state index < -0.39 is 4.92 Å². The van der Waals surface area contributed by atoms with Gasteiger partial charge in [0.15, 0.2) is 0 Å². The number of rotatable bonds is 3. The molecule has 0 bridgehead atoms. The summed E-state index contributed by atoms with van der Waals surface area (Å²) in [5, 5.41) is 11.3. The van der Waals surface area contributed by atoms with E-state index in [2.05, 4.69) is 4.40 Å². The molecule has 0 heterocycles. The molecule has 0 fully saturated rings. The van der Waals surface area contributed by atoms with Gasteiger partial charge in [0.2, 0.25) is 5.96 Å². The van der Waals surface area contributed by atoms with E-state index in [0.29, 0.717) is 15.9 Å². The quantitative estimate of drug-likeness (QED) is 0.282. The molecule has 19 heavy (non-hydrogen) atoms. The summed E-state index contributed by atoms with van der Waals surface area (Å²) in [7, 11) is 7.43. The lowest BCUT2D eigenvalue weighted by Gasteiger charge is -2.21. The van der Waals surface area contributed by atoms with Gasteiger partial charge in [-0.1, -0.05) is 11.6 Å². The molecule has 0 saturated carbocycles. The molecule has 6 nitrogen and oxygen atoms in total. The predicted octanol–water partition coefficient (Wildman–Crippen LogP) is 2.73. The van der Waals surface area contributed by atoms with Gasteiger partial charge in [0, 0.05) is 51.2 Å². The maximum atomic E-state index is 11.0. The molecule has 1 aromatic rings. The van der Waals surface area contributed by atoms with Gasteiger partial charge in [0.1, 0.15) is 4.90 Å². The van der Waals surface area contributed by atoms with Gasteiger partial charge in [0.25, 0.3) is 5.69 Å². The van der Waals surface area contributed by atoms with Crippen LogP contribution in [0, 0.1) is 10.1 Å². The van der Waals surface area contributed by atoms with Crippen LogP contribution in [0.4, 0.5) is 5.69 Å². The summed E-state index contributed by atoms with van der Waals surface area (Å²) in [5.74, 6) is 0.703. The Bertz CT molecular complexity index is 495. The molecule has 0 unspecified atom stereocenters. The zero-order valence-corrected chi connectivity index (χ0v) is 12.7. The number of nitro benzene ring substituents is 1. The Balaban J connectivity index is 3.06. The van der Waals surface area contributed by atoms with Crippen LogP contribution in [-0.2, 0) is 0 Å². The lowest BCUT2D eigenvalue weighted by molar-refractivity contribution is -0.387. The molecule has 1 rings (SSSR count). The highest BCUT2D eigenvalue weighted by Gasteiger charge is 2.15. The number of guanidine groups is 1. The van der Waals surface area contributed by atoms with E-state index in [1.165, 1.54) is 6.07 Å². The summed E-state index contributed by atoms with van der Waals surface area (Å²) in [4.78, 5) is 14.6. The predicted molar refractivity (Wildman–Crippen MR) is 78.8 cm³/mol. The fraction of sp³-hybridized carbons (Fsp3) is 0.364. The van der Waals surface area contributed by atoms with Gasteiger partial charge in [-0.15, -0.1) is 0 Å². The minimum absolute atomic E-state index is 0.0434. The van der Waals surface area contributed by atoms with Gasteiger partial charge >= 0.3 is 0 Å². The Kier molecular flexibility index (Phi) is 5.44. The zero-order chi connectivity index (χ0) is 14.6. The first-order valence-corrected chi connectivity index (χ1v) is 6.51. The van der Waals surface area contributed by atoms with E-state index in [1.54, 1.807) is 12.1 Å². The third kappa shape index (κ3) is 4.29. The fourth-order valence-electron chi connectivity index (χ4n) is 1.36. The van der Waals surface area contributed by atoms with Crippen LogP contribution in [0.15, 0.2) is 27.5 Å². The van der Waals surface area contributed by atoms with Crippen molar-refractivity contribution in [3.8, 4) is 0 Å². The van der Waals surface area contributed by atoms with Crippen LogP contribution in [0.3, 0.4) is 0 Å². The topological polar surface area (TPSA) is 62.0 Å². The Morgan fingerprint density at radius 2 is 1.89 bits per heavy atom. The summed E-state index contributed by atoms with van der Waals surface area (Å²) in [6.07, 6.45) is 0. The Labute approximate surface area is 121 Å². The van der Waals surface area contributed by atoms with E-state index in [9.17, 15) is 10.1 Å². The molecule has 0 N–H and O–H groups in total. The van der Waals surface area contributed by atoms with Crippen molar-refractivity contribution in [1.29, 1.82) is 0 Å². The highest BCUT2D eigenvalue weighted by atomic mass is 35.5. The van der Waals surface area contributed by atoms with Crippen LogP contribution >= 0.6 is 23.5 Å². The van der Waals surface area contributed by atoms with Gasteiger partial charge in [-0.25, -0.2) is 0 Å². The van der Waals surface area contributed by atoms with Crippen LogP contribution < -0.4 is 0 Å². The monoisotopic (exact) mass is 302 g/mol. The molecule has 1 aromatic carbocycles. The lowest BCUT2D eigenvalue weighted by Crippen LogP contribution is -2.34. The van der Waals surface area contributed by atoms with E-state index >= 15 is 0 Å². The maximum Gasteiger partial charge on any atom is 0.286 e. The van der Waals surface area contributed by atoms with Crippen LogP contribution in [0.1, 0.15) is 0 Å². The smallest absolute Gasteiger partial charge is 0.286 e. The Morgan fingerprint density at radius 3 is 2.37 bits per heavy atom. The van der Waals surface area contributed by atoms with Crippen molar-refractivity contribution < 1.29 is 4.92 Å². The summed E-state index contributed by atoms with van der Waals surface area (Å²) >= 11 is 6.81. The summed E-state index contributed by atoms with van der Waals surface area (Å²) in [6, 6.07) is 4.53. The van der Waals surface area contributed by atoms with Crippen molar-refractivity contribution in [2.75, 3.05) is 28.2 Å². The molecule has 0 aromatic heterocycles. The first-order chi connectivity index (χ1) is 8.82. The van der Waals surface area contributed by atoms with Crippen molar-refractivity contribution >= 4 is 35.2 Å². The van der Waals surface area contributed by atoms with Crippen molar-refractivity contribution in [3.05, 3.63) is 33.3 Å². The summed E-state index contributed by atoms with van der Waals surface area (Å²) < 4.78 is 4.30. The molecule has 0 amide bonds. The maximum absolute atomic E-state index is 11.0. The molecule has 0 radical (unpaired) electrons. The van der Waals surface area contributed by atoms with Crippen LogP contribution in [0.5, 0.6) is 0 Å². The number of halogens is 1. The third-order valence-electron chi connectivity index (χ3n) is 2.14.